The molecule has 0 radical (unpaired) electrons. The van der Waals surface area contributed by atoms with Crippen molar-refractivity contribution in [1.29, 1.82) is 0 Å². The summed E-state index contributed by atoms with van der Waals surface area (Å²) in [5.74, 6) is 0.582. The molecule has 2 heterocycles. The first kappa shape index (κ1) is 13.2. The van der Waals surface area contributed by atoms with Crippen molar-refractivity contribution in [3.8, 4) is 11.3 Å². The number of aromatic amines is 2. The number of carbonyl (C=O) groups excluding carboxylic acids is 1. The third kappa shape index (κ3) is 2.86. The van der Waals surface area contributed by atoms with Gasteiger partial charge in [0.15, 0.2) is 0 Å². The number of benzene rings is 1. The monoisotopic (exact) mass is 280 g/mol. The molecule has 21 heavy (non-hydrogen) atoms. The molecule has 0 fully saturated rings. The highest BCUT2D eigenvalue weighted by Crippen LogP contribution is 2.18. The van der Waals surface area contributed by atoms with Crippen molar-refractivity contribution in [2.75, 3.05) is 0 Å². The van der Waals surface area contributed by atoms with E-state index in [4.69, 9.17) is 0 Å². The summed E-state index contributed by atoms with van der Waals surface area (Å²) in [5, 5.41) is 2.90. The topological polar surface area (TPSA) is 73.6 Å². The van der Waals surface area contributed by atoms with E-state index in [0.717, 1.165) is 17.1 Å². The minimum Gasteiger partial charge on any atom is -0.357 e. The number of H-pyrrole nitrogens is 2. The lowest BCUT2D eigenvalue weighted by molar-refractivity contribution is 0.0934. The molecule has 3 rings (SSSR count). The van der Waals surface area contributed by atoms with Gasteiger partial charge in [0.1, 0.15) is 11.5 Å². The first-order chi connectivity index (χ1) is 10.2. The minimum atomic E-state index is -0.196. The molecule has 3 N–H and O–H groups in total. The molecule has 0 aliphatic heterocycles. The average Bonchev–Trinajstić information content (AvgIpc) is 3.20. The number of rotatable bonds is 4. The zero-order valence-electron chi connectivity index (χ0n) is 11.6. The highest BCUT2D eigenvalue weighted by Gasteiger charge is 2.14. The number of hydrogen-bond donors (Lipinski definition) is 3. The predicted molar refractivity (Wildman–Crippen MR) is 80.7 cm³/mol. The van der Waals surface area contributed by atoms with E-state index in [0.29, 0.717) is 5.69 Å². The van der Waals surface area contributed by atoms with Gasteiger partial charge < -0.3 is 15.3 Å². The molecule has 106 valence electrons. The Balaban J connectivity index is 1.73. The molecule has 5 nitrogen and oxygen atoms in total. The summed E-state index contributed by atoms with van der Waals surface area (Å²) in [6, 6.07) is 13.3. The van der Waals surface area contributed by atoms with Crippen LogP contribution < -0.4 is 5.32 Å². The van der Waals surface area contributed by atoms with Crippen molar-refractivity contribution in [3.63, 3.8) is 0 Å². The number of nitrogens with one attached hydrogen (secondary N) is 3. The van der Waals surface area contributed by atoms with Gasteiger partial charge in [-0.2, -0.15) is 0 Å². The number of nitrogens with zero attached hydrogens (tertiary/aromatic N) is 1. The van der Waals surface area contributed by atoms with Gasteiger partial charge in [0, 0.05) is 6.20 Å². The number of aromatic nitrogens is 3. The van der Waals surface area contributed by atoms with Gasteiger partial charge in [-0.3, -0.25) is 4.79 Å². The lowest BCUT2D eigenvalue weighted by atomic mass is 10.2. The largest absolute Gasteiger partial charge is 0.357 e. The van der Waals surface area contributed by atoms with Crippen LogP contribution in [0.5, 0.6) is 0 Å². The third-order valence-electron chi connectivity index (χ3n) is 3.28. The fraction of sp³-hybridized carbons (Fsp3) is 0.125. The highest BCUT2D eigenvalue weighted by molar-refractivity contribution is 5.92. The molecule has 1 aromatic carbocycles. The Kier molecular flexibility index (Phi) is 3.55. The molecule has 0 unspecified atom stereocenters. The predicted octanol–water partition coefficient (Wildman–Crippen LogP) is 2.90. The first-order valence-electron chi connectivity index (χ1n) is 6.78. The Morgan fingerprint density at radius 1 is 1.19 bits per heavy atom. The van der Waals surface area contributed by atoms with Crippen LogP contribution in [-0.4, -0.2) is 20.9 Å². The normalized spacial score (nSPS) is 12.0. The fourth-order valence-corrected chi connectivity index (χ4v) is 2.14. The van der Waals surface area contributed by atoms with Crippen LogP contribution >= 0.6 is 0 Å². The standard InChI is InChI=1S/C16H16N4O/c1-11(19-16(21)13-8-5-9-17-13)15-18-10-14(20-15)12-6-3-2-4-7-12/h2-11,17H,1H3,(H,18,20)(H,19,21)/t11-/m0/s1. The van der Waals surface area contributed by atoms with Crippen molar-refractivity contribution >= 4 is 5.91 Å². The third-order valence-corrected chi connectivity index (χ3v) is 3.28. The van der Waals surface area contributed by atoms with Gasteiger partial charge >= 0.3 is 0 Å². The summed E-state index contributed by atoms with van der Waals surface area (Å²) in [7, 11) is 0. The van der Waals surface area contributed by atoms with Crippen LogP contribution in [0.25, 0.3) is 11.3 Å². The van der Waals surface area contributed by atoms with Crippen molar-refractivity contribution in [2.45, 2.75) is 13.0 Å². The van der Waals surface area contributed by atoms with Crippen LogP contribution in [0, 0.1) is 0 Å². The van der Waals surface area contributed by atoms with E-state index >= 15 is 0 Å². The Morgan fingerprint density at radius 3 is 2.71 bits per heavy atom. The van der Waals surface area contributed by atoms with E-state index < -0.39 is 0 Å². The molecule has 2 aromatic heterocycles. The molecule has 1 amide bonds. The van der Waals surface area contributed by atoms with Crippen LogP contribution in [0.3, 0.4) is 0 Å². The van der Waals surface area contributed by atoms with Gasteiger partial charge in [-0.05, 0) is 24.6 Å². The van der Waals surface area contributed by atoms with Gasteiger partial charge in [0.2, 0.25) is 0 Å². The van der Waals surface area contributed by atoms with Gasteiger partial charge in [0.05, 0.1) is 17.9 Å². The van der Waals surface area contributed by atoms with E-state index in [1.807, 2.05) is 37.3 Å². The molecule has 3 aromatic rings. The zero-order chi connectivity index (χ0) is 14.7. The summed E-state index contributed by atoms with van der Waals surface area (Å²) in [6.45, 7) is 1.90. The van der Waals surface area contributed by atoms with Gasteiger partial charge in [0.25, 0.3) is 5.91 Å². The second kappa shape index (κ2) is 5.66. The molecule has 0 aliphatic carbocycles. The Hall–Kier alpha value is -2.82. The summed E-state index contributed by atoms with van der Waals surface area (Å²) >= 11 is 0. The lowest BCUT2D eigenvalue weighted by Crippen LogP contribution is -2.27. The molecular weight excluding hydrogens is 264 g/mol. The van der Waals surface area contributed by atoms with Crippen LogP contribution in [0.15, 0.2) is 54.9 Å². The summed E-state index contributed by atoms with van der Waals surface area (Å²) < 4.78 is 0. The fourth-order valence-electron chi connectivity index (χ4n) is 2.14. The van der Waals surface area contributed by atoms with Crippen LogP contribution in [0.2, 0.25) is 0 Å². The maximum atomic E-state index is 12.0. The quantitative estimate of drug-likeness (QED) is 0.687. The number of imidazole rings is 1. The van der Waals surface area contributed by atoms with E-state index in [1.165, 1.54) is 0 Å². The molecule has 0 spiro atoms. The number of hydrogen-bond acceptors (Lipinski definition) is 2. The number of carbonyl (C=O) groups is 1. The molecule has 0 saturated heterocycles. The van der Waals surface area contributed by atoms with E-state index in [-0.39, 0.29) is 11.9 Å². The molecule has 0 saturated carbocycles. The van der Waals surface area contributed by atoms with E-state index in [2.05, 4.69) is 20.3 Å². The summed E-state index contributed by atoms with van der Waals surface area (Å²) in [4.78, 5) is 22.5. The van der Waals surface area contributed by atoms with Crippen molar-refractivity contribution in [1.82, 2.24) is 20.3 Å². The van der Waals surface area contributed by atoms with Crippen LogP contribution in [0.1, 0.15) is 29.3 Å². The van der Waals surface area contributed by atoms with E-state index in [9.17, 15) is 4.79 Å². The average molecular weight is 280 g/mol. The first-order valence-corrected chi connectivity index (χ1v) is 6.78. The van der Waals surface area contributed by atoms with E-state index in [1.54, 1.807) is 24.5 Å². The van der Waals surface area contributed by atoms with Gasteiger partial charge in [-0.15, -0.1) is 0 Å². The SMILES string of the molecule is C[C@H](NC(=O)c1ccc[nH]1)c1ncc(-c2ccccc2)[nH]1. The lowest BCUT2D eigenvalue weighted by Gasteiger charge is -2.10. The second-order valence-corrected chi connectivity index (χ2v) is 4.83. The Labute approximate surface area is 122 Å². The smallest absolute Gasteiger partial charge is 0.268 e. The molecular formula is C16H16N4O. The Bertz CT molecular complexity index is 716. The summed E-state index contributed by atoms with van der Waals surface area (Å²) in [5.41, 5.74) is 2.54. The maximum absolute atomic E-state index is 12.0. The number of amides is 1. The molecule has 1 atom stereocenters. The zero-order valence-corrected chi connectivity index (χ0v) is 11.6. The minimum absolute atomic E-state index is 0.148. The molecule has 5 heteroatoms. The van der Waals surface area contributed by atoms with Crippen molar-refractivity contribution < 1.29 is 4.79 Å². The maximum Gasteiger partial charge on any atom is 0.268 e. The van der Waals surface area contributed by atoms with Crippen LogP contribution in [-0.2, 0) is 0 Å². The summed E-state index contributed by atoms with van der Waals surface area (Å²) in [6.07, 6.45) is 3.50. The second-order valence-electron chi connectivity index (χ2n) is 4.83. The Morgan fingerprint density at radius 2 is 2.00 bits per heavy atom. The van der Waals surface area contributed by atoms with Crippen molar-refractivity contribution in [3.05, 3.63) is 66.4 Å². The molecule has 0 bridgehead atoms. The molecule has 0 aliphatic rings. The van der Waals surface area contributed by atoms with Crippen LogP contribution in [0.4, 0.5) is 0 Å². The van der Waals surface area contributed by atoms with Crippen molar-refractivity contribution in [2.24, 2.45) is 0 Å². The van der Waals surface area contributed by atoms with Gasteiger partial charge in [-0.1, -0.05) is 30.3 Å². The van der Waals surface area contributed by atoms with Gasteiger partial charge in [-0.25, -0.2) is 4.98 Å². The highest BCUT2D eigenvalue weighted by atomic mass is 16.1.